The molecular weight excluding hydrogens is 378 g/mol. The first kappa shape index (κ1) is 20.8. The molecule has 1 saturated heterocycles. The van der Waals surface area contributed by atoms with Gasteiger partial charge in [0.2, 0.25) is 11.8 Å². The number of benzene rings is 1. The summed E-state index contributed by atoms with van der Waals surface area (Å²) in [5, 5.41) is 2.28. The molecule has 9 nitrogen and oxygen atoms in total. The molecule has 1 N–H and O–H groups in total. The number of carbonyl (C=O) groups excluding carboxylic acids is 3. The minimum absolute atomic E-state index is 0.174. The number of rotatable bonds is 5. The minimum Gasteiger partial charge on any atom is -0.458 e. The molecule has 0 saturated carbocycles. The first-order valence-corrected chi connectivity index (χ1v) is 9.40. The normalized spacial score (nSPS) is 17.4. The first-order chi connectivity index (χ1) is 13.6. The number of hydrogen-bond acceptors (Lipinski definition) is 6. The number of carbonyl (C=O) groups is 3. The van der Waals surface area contributed by atoms with Crippen molar-refractivity contribution in [2.75, 3.05) is 6.61 Å². The highest BCUT2D eigenvalue weighted by molar-refractivity contribution is 6.00. The Kier molecular flexibility index (Phi) is 5.61. The Labute approximate surface area is 167 Å². The fourth-order valence-corrected chi connectivity index (χ4v) is 3.35. The van der Waals surface area contributed by atoms with Crippen LogP contribution in [-0.2, 0) is 37.5 Å². The zero-order valence-corrected chi connectivity index (χ0v) is 17.0. The van der Waals surface area contributed by atoms with Crippen LogP contribution in [0.5, 0.6) is 0 Å². The summed E-state index contributed by atoms with van der Waals surface area (Å²) in [6, 6.07) is 4.58. The number of hydrogen-bond donors (Lipinski definition) is 1. The molecule has 1 aliphatic rings. The number of amides is 2. The quantitative estimate of drug-likeness (QED) is 0.593. The minimum atomic E-state index is -0.724. The standard InChI is InChI=1S/C20H25N3O6/c1-20(2,3)29-17(25)11-28-10-12-5-6-13-15(9-12)22(4)19(27)23(13)14-7-8-16(24)21-18(14)26/h5-6,9,14H,7-8,10-11H2,1-4H3,(H,21,24,26). The van der Waals surface area contributed by atoms with Crippen LogP contribution < -0.4 is 11.0 Å². The Bertz CT molecular complexity index is 1030. The Morgan fingerprint density at radius 2 is 1.93 bits per heavy atom. The monoisotopic (exact) mass is 403 g/mol. The van der Waals surface area contributed by atoms with Crippen LogP contribution in [0.1, 0.15) is 45.2 Å². The van der Waals surface area contributed by atoms with E-state index in [4.69, 9.17) is 9.47 Å². The van der Waals surface area contributed by atoms with Crippen molar-refractivity contribution in [1.82, 2.24) is 14.5 Å². The summed E-state index contributed by atoms with van der Waals surface area (Å²) in [4.78, 5) is 48.1. The number of aryl methyl sites for hydroxylation is 1. The second-order valence-electron chi connectivity index (χ2n) is 8.08. The summed E-state index contributed by atoms with van der Waals surface area (Å²) in [6.07, 6.45) is 0.472. The van der Waals surface area contributed by atoms with Crippen molar-refractivity contribution >= 4 is 28.8 Å². The highest BCUT2D eigenvalue weighted by Gasteiger charge is 2.31. The van der Waals surface area contributed by atoms with Gasteiger partial charge >= 0.3 is 11.7 Å². The van der Waals surface area contributed by atoms with Gasteiger partial charge in [0, 0.05) is 13.5 Å². The predicted molar refractivity (Wildman–Crippen MR) is 104 cm³/mol. The molecule has 29 heavy (non-hydrogen) atoms. The SMILES string of the molecule is Cn1c(=O)n(C2CCC(=O)NC2=O)c2ccc(COCC(=O)OC(C)(C)C)cc21. The summed E-state index contributed by atoms with van der Waals surface area (Å²) in [5.74, 6) is -1.25. The van der Waals surface area contributed by atoms with Crippen LogP contribution >= 0.6 is 0 Å². The lowest BCUT2D eigenvalue weighted by Gasteiger charge is -2.21. The molecule has 1 aromatic heterocycles. The molecule has 2 amide bonds. The molecule has 0 radical (unpaired) electrons. The third-order valence-corrected chi connectivity index (χ3v) is 4.58. The third kappa shape index (κ3) is 4.56. The lowest BCUT2D eigenvalue weighted by molar-refractivity contribution is -0.160. The molecule has 2 heterocycles. The van der Waals surface area contributed by atoms with Gasteiger partial charge in [0.1, 0.15) is 18.2 Å². The van der Waals surface area contributed by atoms with Gasteiger partial charge in [-0.1, -0.05) is 6.07 Å². The summed E-state index contributed by atoms with van der Waals surface area (Å²) in [7, 11) is 1.62. The molecule has 0 aliphatic carbocycles. The summed E-state index contributed by atoms with van der Waals surface area (Å²) >= 11 is 0. The van der Waals surface area contributed by atoms with E-state index < -0.39 is 23.5 Å². The molecule has 0 bridgehead atoms. The van der Waals surface area contributed by atoms with Gasteiger partial charge in [0.25, 0.3) is 0 Å². The zero-order valence-electron chi connectivity index (χ0n) is 17.0. The van der Waals surface area contributed by atoms with Crippen molar-refractivity contribution in [1.29, 1.82) is 0 Å². The zero-order chi connectivity index (χ0) is 21.3. The van der Waals surface area contributed by atoms with Crippen molar-refractivity contribution in [3.05, 3.63) is 34.2 Å². The molecule has 1 aliphatic heterocycles. The van der Waals surface area contributed by atoms with E-state index in [0.29, 0.717) is 11.0 Å². The number of ether oxygens (including phenoxy) is 2. The molecule has 0 spiro atoms. The lowest BCUT2D eigenvalue weighted by Crippen LogP contribution is -2.44. The third-order valence-electron chi connectivity index (χ3n) is 4.58. The average Bonchev–Trinajstić information content (AvgIpc) is 2.85. The van der Waals surface area contributed by atoms with E-state index in [2.05, 4.69) is 5.32 Å². The molecule has 1 aromatic carbocycles. The number of nitrogens with one attached hydrogen (secondary N) is 1. The number of esters is 1. The highest BCUT2D eigenvalue weighted by atomic mass is 16.6. The van der Waals surface area contributed by atoms with E-state index in [-0.39, 0.29) is 37.7 Å². The average molecular weight is 403 g/mol. The van der Waals surface area contributed by atoms with Gasteiger partial charge in [-0.2, -0.15) is 0 Å². The van der Waals surface area contributed by atoms with Crippen molar-refractivity contribution < 1.29 is 23.9 Å². The number of fused-ring (bicyclic) bond motifs is 1. The van der Waals surface area contributed by atoms with Crippen LogP contribution in [-0.4, -0.2) is 39.1 Å². The van der Waals surface area contributed by atoms with Gasteiger partial charge in [-0.15, -0.1) is 0 Å². The number of nitrogens with zero attached hydrogens (tertiary/aromatic N) is 2. The number of aromatic nitrogens is 2. The van der Waals surface area contributed by atoms with Gasteiger partial charge < -0.3 is 9.47 Å². The molecular formula is C20H25N3O6. The molecule has 1 unspecified atom stereocenters. The van der Waals surface area contributed by atoms with Gasteiger partial charge in [-0.3, -0.25) is 24.0 Å². The van der Waals surface area contributed by atoms with Crippen LogP contribution in [0.4, 0.5) is 0 Å². The van der Waals surface area contributed by atoms with Gasteiger partial charge in [0.15, 0.2) is 0 Å². The van der Waals surface area contributed by atoms with E-state index in [0.717, 1.165) is 5.56 Å². The van der Waals surface area contributed by atoms with Crippen LogP contribution in [0.2, 0.25) is 0 Å². The summed E-state index contributed by atoms with van der Waals surface area (Å²) in [5.41, 5.74) is 1.11. The van der Waals surface area contributed by atoms with E-state index in [1.165, 1.54) is 9.13 Å². The van der Waals surface area contributed by atoms with Crippen LogP contribution in [0.25, 0.3) is 11.0 Å². The fraction of sp³-hybridized carbons (Fsp3) is 0.500. The number of imide groups is 1. The maximum atomic E-state index is 12.7. The first-order valence-electron chi connectivity index (χ1n) is 9.40. The molecule has 2 aromatic rings. The second-order valence-corrected chi connectivity index (χ2v) is 8.08. The smallest absolute Gasteiger partial charge is 0.332 e. The lowest BCUT2D eigenvalue weighted by atomic mass is 10.1. The van der Waals surface area contributed by atoms with Crippen molar-refractivity contribution in [2.45, 2.75) is 51.9 Å². The number of piperidine rings is 1. The summed E-state index contributed by atoms with van der Waals surface area (Å²) in [6.45, 7) is 5.35. The number of imidazole rings is 1. The predicted octanol–water partition coefficient (Wildman–Crippen LogP) is 1.18. The van der Waals surface area contributed by atoms with Crippen LogP contribution in [0.3, 0.4) is 0 Å². The molecule has 9 heteroatoms. The Morgan fingerprint density at radius 3 is 2.59 bits per heavy atom. The molecule has 1 fully saturated rings. The van der Waals surface area contributed by atoms with Gasteiger partial charge in [0.05, 0.1) is 17.6 Å². The van der Waals surface area contributed by atoms with Crippen LogP contribution in [0, 0.1) is 0 Å². The fourth-order valence-electron chi connectivity index (χ4n) is 3.35. The Morgan fingerprint density at radius 1 is 1.21 bits per heavy atom. The van der Waals surface area contributed by atoms with Crippen molar-refractivity contribution in [3.8, 4) is 0 Å². The largest absolute Gasteiger partial charge is 0.458 e. The molecule has 1 atom stereocenters. The van der Waals surface area contributed by atoms with Gasteiger partial charge in [-0.25, -0.2) is 9.59 Å². The van der Waals surface area contributed by atoms with E-state index in [9.17, 15) is 19.2 Å². The van der Waals surface area contributed by atoms with Crippen molar-refractivity contribution in [3.63, 3.8) is 0 Å². The van der Waals surface area contributed by atoms with E-state index in [1.807, 2.05) is 0 Å². The molecule has 3 rings (SSSR count). The van der Waals surface area contributed by atoms with Gasteiger partial charge in [-0.05, 0) is 44.9 Å². The second kappa shape index (κ2) is 7.82. The Balaban J connectivity index is 1.78. The Hall–Kier alpha value is -2.94. The van der Waals surface area contributed by atoms with Crippen LogP contribution in [0.15, 0.2) is 23.0 Å². The topological polar surface area (TPSA) is 109 Å². The van der Waals surface area contributed by atoms with Crippen molar-refractivity contribution in [2.24, 2.45) is 7.05 Å². The van der Waals surface area contributed by atoms with E-state index in [1.54, 1.807) is 46.0 Å². The van der Waals surface area contributed by atoms with E-state index >= 15 is 0 Å². The summed E-state index contributed by atoms with van der Waals surface area (Å²) < 4.78 is 13.5. The highest BCUT2D eigenvalue weighted by Crippen LogP contribution is 2.24. The molecule has 156 valence electrons. The maximum Gasteiger partial charge on any atom is 0.332 e. The maximum absolute atomic E-state index is 12.7.